The highest BCUT2D eigenvalue weighted by atomic mass is 16.5. The van der Waals surface area contributed by atoms with Gasteiger partial charge in [-0.3, -0.25) is 4.79 Å². The van der Waals surface area contributed by atoms with Gasteiger partial charge >= 0.3 is 0 Å². The number of nitrogens with zero attached hydrogens (tertiary/aromatic N) is 5. The second-order valence-electron chi connectivity index (χ2n) is 6.51. The molecule has 7 heteroatoms. The number of hydrogen-bond acceptors (Lipinski definition) is 6. The summed E-state index contributed by atoms with van der Waals surface area (Å²) in [5.74, 6) is 3.17. The molecule has 138 valence electrons. The van der Waals surface area contributed by atoms with Crippen LogP contribution in [0, 0.1) is 6.92 Å². The summed E-state index contributed by atoms with van der Waals surface area (Å²) in [6.07, 6.45) is 0. The van der Waals surface area contributed by atoms with E-state index in [1.807, 2.05) is 61.2 Å². The third-order valence-corrected chi connectivity index (χ3v) is 4.50. The quantitative estimate of drug-likeness (QED) is 0.834. The molecule has 7 nitrogen and oxygen atoms in total. The molecule has 1 fully saturated rings. The van der Waals surface area contributed by atoms with E-state index in [0.29, 0.717) is 24.4 Å². The van der Waals surface area contributed by atoms with Crippen LogP contribution in [0.25, 0.3) is 0 Å². The van der Waals surface area contributed by atoms with E-state index < -0.39 is 0 Å². The van der Waals surface area contributed by atoms with Crippen LogP contribution in [0.5, 0.6) is 5.75 Å². The molecule has 2 aromatic rings. The second kappa shape index (κ2) is 7.59. The maximum Gasteiger partial charge on any atom is 0.257 e. The molecule has 0 spiro atoms. The van der Waals surface area contributed by atoms with Crippen LogP contribution in [0.4, 0.5) is 11.6 Å². The van der Waals surface area contributed by atoms with Crippen LogP contribution >= 0.6 is 0 Å². The highest BCUT2D eigenvalue weighted by Gasteiger charge is 2.25. The Labute approximate surface area is 154 Å². The highest BCUT2D eigenvalue weighted by molar-refractivity contribution is 5.97. The third kappa shape index (κ3) is 3.71. The molecule has 0 N–H and O–H groups in total. The fourth-order valence-electron chi connectivity index (χ4n) is 3.06. The fraction of sp³-hybridized carbons (Fsp3) is 0.421. The standard InChI is InChI=1S/C19H25N5O2/c1-14-20-17(22(2)3)13-18(21-14)23-9-11-24(12-10-23)19(25)15-7-5-6-8-16(15)26-4/h5-8,13H,9-12H2,1-4H3. The normalized spacial score (nSPS) is 14.3. The number of amides is 1. The van der Waals surface area contributed by atoms with E-state index >= 15 is 0 Å². The zero-order chi connectivity index (χ0) is 18.7. The predicted octanol–water partition coefficient (Wildman–Crippen LogP) is 1.82. The van der Waals surface area contributed by atoms with Crippen LogP contribution in [0.1, 0.15) is 16.2 Å². The van der Waals surface area contributed by atoms with Crippen LogP contribution in [0.15, 0.2) is 30.3 Å². The molecule has 0 unspecified atom stereocenters. The molecule has 1 amide bonds. The number of hydrogen-bond donors (Lipinski definition) is 0. The first-order valence-corrected chi connectivity index (χ1v) is 8.70. The van der Waals surface area contributed by atoms with Crippen molar-refractivity contribution in [2.45, 2.75) is 6.92 Å². The van der Waals surface area contributed by atoms with Gasteiger partial charge in [0.05, 0.1) is 12.7 Å². The number of aryl methyl sites for hydroxylation is 1. The average Bonchev–Trinajstić information content (AvgIpc) is 2.67. The lowest BCUT2D eigenvalue weighted by atomic mass is 10.1. The predicted molar refractivity (Wildman–Crippen MR) is 102 cm³/mol. The van der Waals surface area contributed by atoms with Crippen LogP contribution in [0.2, 0.25) is 0 Å². The van der Waals surface area contributed by atoms with Gasteiger partial charge in [-0.25, -0.2) is 9.97 Å². The highest BCUT2D eigenvalue weighted by Crippen LogP contribution is 2.22. The van der Waals surface area contributed by atoms with Crippen molar-refractivity contribution < 1.29 is 9.53 Å². The Morgan fingerprint density at radius 2 is 1.81 bits per heavy atom. The summed E-state index contributed by atoms with van der Waals surface area (Å²) in [6.45, 7) is 4.68. The molecule has 1 saturated heterocycles. The molecule has 3 rings (SSSR count). The van der Waals surface area contributed by atoms with Gasteiger partial charge in [0.25, 0.3) is 5.91 Å². The number of benzene rings is 1. The molecule has 26 heavy (non-hydrogen) atoms. The first-order chi connectivity index (χ1) is 12.5. The van der Waals surface area contributed by atoms with E-state index in [1.54, 1.807) is 7.11 Å². The number of anilines is 2. The van der Waals surface area contributed by atoms with Crippen molar-refractivity contribution in [3.05, 3.63) is 41.7 Å². The molecular formula is C19H25N5O2. The number of para-hydroxylation sites is 1. The summed E-state index contributed by atoms with van der Waals surface area (Å²) in [5.41, 5.74) is 0.608. The molecule has 1 aromatic carbocycles. The van der Waals surface area contributed by atoms with Gasteiger partial charge < -0.3 is 19.4 Å². The monoisotopic (exact) mass is 355 g/mol. The Bertz CT molecular complexity index is 785. The van der Waals surface area contributed by atoms with Gasteiger partial charge in [-0.2, -0.15) is 0 Å². The second-order valence-corrected chi connectivity index (χ2v) is 6.51. The van der Waals surface area contributed by atoms with E-state index in [9.17, 15) is 4.79 Å². The minimum Gasteiger partial charge on any atom is -0.496 e. The Balaban J connectivity index is 1.70. The maximum atomic E-state index is 12.8. The van der Waals surface area contributed by atoms with Gasteiger partial charge in [0.2, 0.25) is 0 Å². The third-order valence-electron chi connectivity index (χ3n) is 4.50. The average molecular weight is 355 g/mol. The summed E-state index contributed by atoms with van der Waals surface area (Å²) in [5, 5.41) is 0. The number of carbonyl (C=O) groups excluding carboxylic acids is 1. The molecular weight excluding hydrogens is 330 g/mol. The van der Waals surface area contributed by atoms with E-state index in [-0.39, 0.29) is 5.91 Å². The summed E-state index contributed by atoms with van der Waals surface area (Å²) >= 11 is 0. The molecule has 1 aliphatic heterocycles. The SMILES string of the molecule is COc1ccccc1C(=O)N1CCN(c2cc(N(C)C)nc(C)n2)CC1. The summed E-state index contributed by atoms with van der Waals surface area (Å²) in [7, 11) is 5.52. The Hall–Kier alpha value is -2.83. The number of rotatable bonds is 4. The Morgan fingerprint density at radius 1 is 1.12 bits per heavy atom. The lowest BCUT2D eigenvalue weighted by Crippen LogP contribution is -2.49. The first-order valence-electron chi connectivity index (χ1n) is 8.70. The zero-order valence-electron chi connectivity index (χ0n) is 15.8. The summed E-state index contributed by atoms with van der Waals surface area (Å²) in [6, 6.07) is 9.34. The number of ether oxygens (including phenoxy) is 1. The molecule has 0 saturated carbocycles. The Kier molecular flexibility index (Phi) is 5.25. The molecule has 1 aliphatic rings. The van der Waals surface area contributed by atoms with Gasteiger partial charge in [-0.1, -0.05) is 12.1 Å². The molecule has 0 atom stereocenters. The van der Waals surface area contributed by atoms with E-state index in [2.05, 4.69) is 14.9 Å². The van der Waals surface area contributed by atoms with Crippen LogP contribution < -0.4 is 14.5 Å². The lowest BCUT2D eigenvalue weighted by molar-refractivity contribution is 0.0743. The van der Waals surface area contributed by atoms with Crippen molar-refractivity contribution in [2.24, 2.45) is 0 Å². The molecule has 0 bridgehead atoms. The van der Waals surface area contributed by atoms with Crippen molar-refractivity contribution in [1.82, 2.24) is 14.9 Å². The Morgan fingerprint density at radius 3 is 2.46 bits per heavy atom. The summed E-state index contributed by atoms with van der Waals surface area (Å²) < 4.78 is 5.32. The number of carbonyl (C=O) groups is 1. The van der Waals surface area contributed by atoms with Gasteiger partial charge in [-0.05, 0) is 19.1 Å². The molecule has 0 radical (unpaired) electrons. The van der Waals surface area contributed by atoms with Crippen LogP contribution in [-0.2, 0) is 0 Å². The van der Waals surface area contributed by atoms with Gasteiger partial charge in [0, 0.05) is 46.3 Å². The van der Waals surface area contributed by atoms with Crippen molar-refractivity contribution in [3.8, 4) is 5.75 Å². The van der Waals surface area contributed by atoms with Crippen molar-refractivity contribution >= 4 is 17.5 Å². The van der Waals surface area contributed by atoms with E-state index in [0.717, 1.165) is 30.5 Å². The zero-order valence-corrected chi connectivity index (χ0v) is 15.8. The van der Waals surface area contributed by atoms with E-state index in [1.165, 1.54) is 0 Å². The van der Waals surface area contributed by atoms with Crippen molar-refractivity contribution in [2.75, 3.05) is 57.2 Å². The smallest absolute Gasteiger partial charge is 0.257 e. The summed E-state index contributed by atoms with van der Waals surface area (Å²) in [4.78, 5) is 27.9. The maximum absolute atomic E-state index is 12.8. The van der Waals surface area contributed by atoms with E-state index in [4.69, 9.17) is 4.74 Å². The van der Waals surface area contributed by atoms with Crippen LogP contribution in [-0.4, -0.2) is 68.2 Å². The van der Waals surface area contributed by atoms with Gasteiger partial charge in [-0.15, -0.1) is 0 Å². The minimum atomic E-state index is 0.00921. The molecule has 0 aliphatic carbocycles. The fourth-order valence-corrected chi connectivity index (χ4v) is 3.06. The number of aromatic nitrogens is 2. The first kappa shape index (κ1) is 18.0. The number of piperazine rings is 1. The van der Waals surface area contributed by atoms with Crippen molar-refractivity contribution in [3.63, 3.8) is 0 Å². The minimum absolute atomic E-state index is 0.00921. The molecule has 1 aromatic heterocycles. The topological polar surface area (TPSA) is 61.8 Å². The lowest BCUT2D eigenvalue weighted by Gasteiger charge is -2.36. The van der Waals surface area contributed by atoms with Gasteiger partial charge in [0.15, 0.2) is 0 Å². The van der Waals surface area contributed by atoms with Crippen LogP contribution in [0.3, 0.4) is 0 Å². The molecule has 2 heterocycles. The van der Waals surface area contributed by atoms with Gasteiger partial charge in [0.1, 0.15) is 23.2 Å². The van der Waals surface area contributed by atoms with Crippen molar-refractivity contribution in [1.29, 1.82) is 0 Å². The largest absolute Gasteiger partial charge is 0.496 e. The number of methoxy groups -OCH3 is 1.